The molecule has 8 heteroatoms. The molecule has 0 saturated carbocycles. The molecule has 1 aliphatic carbocycles. The van der Waals surface area contributed by atoms with Gasteiger partial charge in [-0.2, -0.15) is 0 Å². The van der Waals surface area contributed by atoms with Crippen LogP contribution in [0.2, 0.25) is 0 Å². The van der Waals surface area contributed by atoms with E-state index >= 15 is 0 Å². The number of rotatable bonds is 8. The monoisotopic (exact) mass is 452 g/mol. The van der Waals surface area contributed by atoms with E-state index in [1.807, 2.05) is 25.1 Å². The number of hydrogen-bond donors (Lipinski definition) is 3. The fourth-order valence-corrected chi connectivity index (χ4v) is 4.42. The van der Waals surface area contributed by atoms with Gasteiger partial charge < -0.3 is 29.6 Å². The summed E-state index contributed by atoms with van der Waals surface area (Å²) < 4.78 is 11.2. The molecule has 0 bridgehead atoms. The molecule has 2 aliphatic rings. The van der Waals surface area contributed by atoms with Gasteiger partial charge in [-0.25, -0.2) is 0 Å². The van der Waals surface area contributed by atoms with Crippen LogP contribution in [0.25, 0.3) is 0 Å². The lowest BCUT2D eigenvalue weighted by atomic mass is 9.77. The van der Waals surface area contributed by atoms with Crippen LogP contribution < -0.4 is 10.1 Å². The molecule has 1 aromatic heterocycles. The van der Waals surface area contributed by atoms with Crippen molar-refractivity contribution in [1.82, 2.24) is 10.2 Å². The van der Waals surface area contributed by atoms with Gasteiger partial charge in [0, 0.05) is 29.8 Å². The molecular formula is C25H28N2O6. The lowest BCUT2D eigenvalue weighted by Gasteiger charge is -2.40. The van der Waals surface area contributed by atoms with E-state index in [2.05, 4.69) is 5.32 Å². The molecule has 8 nitrogen and oxygen atoms in total. The molecule has 0 unspecified atom stereocenters. The molecule has 0 saturated heterocycles. The third-order valence-corrected chi connectivity index (χ3v) is 5.95. The average Bonchev–Trinajstić information content (AvgIpc) is 3.48. The molecule has 174 valence electrons. The molecule has 2 amide bonds. The van der Waals surface area contributed by atoms with Crippen molar-refractivity contribution < 1.29 is 29.0 Å². The number of fused-ring (bicyclic) bond motifs is 3. The SMILES string of the molecule is CCC=CC(=O)N(Cc1ccoc1)[C@@H]1C=C(C(=O)NCCO)[C@@H]2c3ccccc3O[C@@H]2[C@H]1O. The summed E-state index contributed by atoms with van der Waals surface area (Å²) in [6.07, 6.45) is 6.83. The van der Waals surface area contributed by atoms with Gasteiger partial charge in [-0.05, 0) is 30.7 Å². The summed E-state index contributed by atoms with van der Waals surface area (Å²) in [6.45, 7) is 2.02. The number of aliphatic hydroxyl groups is 2. The predicted molar refractivity (Wildman–Crippen MR) is 120 cm³/mol. The van der Waals surface area contributed by atoms with Crippen LogP contribution in [0, 0.1) is 0 Å². The number of hydrogen-bond acceptors (Lipinski definition) is 6. The van der Waals surface area contributed by atoms with Crippen LogP contribution in [0.5, 0.6) is 5.75 Å². The van der Waals surface area contributed by atoms with Crippen molar-refractivity contribution in [3.8, 4) is 5.75 Å². The van der Waals surface area contributed by atoms with Gasteiger partial charge in [-0.1, -0.05) is 31.2 Å². The van der Waals surface area contributed by atoms with Crippen LogP contribution in [-0.2, 0) is 16.1 Å². The summed E-state index contributed by atoms with van der Waals surface area (Å²) in [5, 5.41) is 23.3. The zero-order valence-corrected chi connectivity index (χ0v) is 18.4. The van der Waals surface area contributed by atoms with Gasteiger partial charge in [-0.3, -0.25) is 9.59 Å². The smallest absolute Gasteiger partial charge is 0.247 e. The highest BCUT2D eigenvalue weighted by Gasteiger charge is 2.50. The highest BCUT2D eigenvalue weighted by Crippen LogP contribution is 2.47. The van der Waals surface area contributed by atoms with Crippen molar-refractivity contribution in [3.63, 3.8) is 0 Å². The number of nitrogens with one attached hydrogen (secondary N) is 1. The fraction of sp³-hybridized carbons (Fsp3) is 0.360. The van der Waals surface area contributed by atoms with Gasteiger partial charge >= 0.3 is 0 Å². The first kappa shape index (κ1) is 22.8. The normalized spacial score (nSPS) is 23.4. The second-order valence-corrected chi connectivity index (χ2v) is 8.09. The standard InChI is InChI=1S/C25H28N2O6/c1-2-3-8-21(29)27(14-16-9-12-32-15-16)19-13-18(25(31)26-10-11-28)22-17-6-4-5-7-20(17)33-24(22)23(19)30/h3-9,12-13,15,19,22-24,28,30H,2,10-11,14H2,1H3,(H,26,31)/t19-,22+,23+,24+/m1/s1. The number of amides is 2. The van der Waals surface area contributed by atoms with Gasteiger partial charge in [0.15, 0.2) is 0 Å². The second kappa shape index (κ2) is 10.1. The number of benzene rings is 1. The molecule has 0 spiro atoms. The van der Waals surface area contributed by atoms with Crippen LogP contribution >= 0.6 is 0 Å². The van der Waals surface area contributed by atoms with Gasteiger partial charge in [0.05, 0.1) is 31.1 Å². The molecule has 0 fully saturated rings. The maximum atomic E-state index is 13.1. The maximum Gasteiger partial charge on any atom is 0.247 e. The predicted octanol–water partition coefficient (Wildman–Crippen LogP) is 1.90. The molecule has 2 aromatic rings. The molecule has 33 heavy (non-hydrogen) atoms. The number of allylic oxidation sites excluding steroid dienone is 1. The Labute approximate surface area is 192 Å². The first-order chi connectivity index (χ1) is 16.0. The summed E-state index contributed by atoms with van der Waals surface area (Å²) in [5.74, 6) is -0.534. The van der Waals surface area contributed by atoms with E-state index in [1.54, 1.807) is 30.5 Å². The minimum absolute atomic E-state index is 0.0974. The number of aliphatic hydroxyl groups excluding tert-OH is 2. The Bertz CT molecular complexity index is 1040. The lowest BCUT2D eigenvalue weighted by Crippen LogP contribution is -2.55. The van der Waals surface area contributed by atoms with E-state index < -0.39 is 24.2 Å². The van der Waals surface area contributed by atoms with Crippen LogP contribution in [-0.4, -0.2) is 58.3 Å². The summed E-state index contributed by atoms with van der Waals surface area (Å²) in [4.78, 5) is 27.7. The number of carbonyl (C=O) groups is 2. The van der Waals surface area contributed by atoms with Crippen LogP contribution in [0.4, 0.5) is 0 Å². The topological polar surface area (TPSA) is 112 Å². The number of ether oxygens (including phenoxy) is 1. The van der Waals surface area contributed by atoms with Crippen LogP contribution in [0.3, 0.4) is 0 Å². The number of nitrogens with zero attached hydrogens (tertiary/aromatic N) is 1. The van der Waals surface area contributed by atoms with Crippen LogP contribution in [0.1, 0.15) is 30.4 Å². The Balaban J connectivity index is 1.75. The molecule has 4 rings (SSSR count). The zero-order valence-electron chi connectivity index (χ0n) is 18.4. The average molecular weight is 453 g/mol. The minimum atomic E-state index is -1.07. The third-order valence-electron chi connectivity index (χ3n) is 5.95. The van der Waals surface area contributed by atoms with Crippen molar-refractivity contribution in [1.29, 1.82) is 0 Å². The Morgan fingerprint density at radius 1 is 1.24 bits per heavy atom. The second-order valence-electron chi connectivity index (χ2n) is 8.09. The first-order valence-electron chi connectivity index (χ1n) is 11.1. The Morgan fingerprint density at radius 3 is 2.79 bits per heavy atom. The number of carbonyl (C=O) groups excluding carboxylic acids is 2. The Morgan fingerprint density at radius 2 is 2.06 bits per heavy atom. The first-order valence-corrected chi connectivity index (χ1v) is 11.1. The molecule has 3 N–H and O–H groups in total. The number of para-hydroxylation sites is 1. The number of furan rings is 1. The van der Waals surface area contributed by atoms with E-state index in [-0.39, 0.29) is 31.5 Å². The fourth-order valence-electron chi connectivity index (χ4n) is 4.42. The van der Waals surface area contributed by atoms with Crippen molar-refractivity contribution >= 4 is 11.8 Å². The van der Waals surface area contributed by atoms with Gasteiger partial charge in [0.2, 0.25) is 11.8 Å². The third kappa shape index (κ3) is 4.58. The van der Waals surface area contributed by atoms with Crippen molar-refractivity contribution in [2.45, 2.75) is 44.1 Å². The summed E-state index contributed by atoms with van der Waals surface area (Å²) >= 11 is 0. The maximum absolute atomic E-state index is 13.1. The van der Waals surface area contributed by atoms with Crippen molar-refractivity contribution in [3.05, 3.63) is 77.8 Å². The van der Waals surface area contributed by atoms with Gasteiger partial charge in [0.1, 0.15) is 18.0 Å². The zero-order chi connectivity index (χ0) is 23.4. The van der Waals surface area contributed by atoms with Gasteiger partial charge in [0.25, 0.3) is 0 Å². The summed E-state index contributed by atoms with van der Waals surface area (Å²) in [6, 6.07) is 8.31. The lowest BCUT2D eigenvalue weighted by molar-refractivity contribution is -0.133. The van der Waals surface area contributed by atoms with E-state index in [0.717, 1.165) is 11.1 Å². The molecular weight excluding hydrogens is 424 g/mol. The van der Waals surface area contributed by atoms with E-state index in [4.69, 9.17) is 9.15 Å². The van der Waals surface area contributed by atoms with E-state index in [0.29, 0.717) is 17.7 Å². The quantitative estimate of drug-likeness (QED) is 0.528. The minimum Gasteiger partial charge on any atom is -0.486 e. The van der Waals surface area contributed by atoms with E-state index in [1.165, 1.54) is 17.2 Å². The Hall–Kier alpha value is -3.36. The largest absolute Gasteiger partial charge is 0.486 e. The van der Waals surface area contributed by atoms with Crippen LogP contribution in [0.15, 0.2) is 71.1 Å². The van der Waals surface area contributed by atoms with Crippen molar-refractivity contribution in [2.24, 2.45) is 0 Å². The molecule has 1 aliphatic heterocycles. The molecule has 4 atom stereocenters. The summed E-state index contributed by atoms with van der Waals surface area (Å²) in [5.41, 5.74) is 1.97. The van der Waals surface area contributed by atoms with E-state index in [9.17, 15) is 19.8 Å². The highest BCUT2D eigenvalue weighted by molar-refractivity contribution is 5.96. The molecule has 0 radical (unpaired) electrons. The van der Waals surface area contributed by atoms with Crippen molar-refractivity contribution in [2.75, 3.05) is 13.2 Å². The highest BCUT2D eigenvalue weighted by atomic mass is 16.5. The molecule has 2 heterocycles. The Kier molecular flexibility index (Phi) is 6.96. The molecule has 1 aromatic carbocycles. The van der Waals surface area contributed by atoms with Gasteiger partial charge in [-0.15, -0.1) is 0 Å². The summed E-state index contributed by atoms with van der Waals surface area (Å²) in [7, 11) is 0.